The summed E-state index contributed by atoms with van der Waals surface area (Å²) in [4.78, 5) is 4.62. The maximum atomic E-state index is 10.6. The standard InChI is InChI=1S/C40H30N4/c1-24-13-15-32-30-9-5-7-11-35(30)43(37(32)17-24)39-21-29(23-41)34(28-19-26(3)42-27(4)20-28)22-40(39)44-36-12-8-6-10-31(36)33-16-14-25(2)18-38(33)44/h5-22H,1-4H3. The van der Waals surface area contributed by atoms with Crippen LogP contribution in [0.1, 0.15) is 28.1 Å². The van der Waals surface area contributed by atoms with Crippen molar-refractivity contribution in [3.63, 3.8) is 0 Å². The summed E-state index contributed by atoms with van der Waals surface area (Å²) in [6, 6.07) is 41.5. The zero-order chi connectivity index (χ0) is 30.1. The monoisotopic (exact) mass is 566 g/mol. The van der Waals surface area contributed by atoms with Crippen LogP contribution < -0.4 is 0 Å². The van der Waals surface area contributed by atoms with Gasteiger partial charge in [0, 0.05) is 38.5 Å². The van der Waals surface area contributed by atoms with Crippen molar-refractivity contribution < 1.29 is 0 Å². The minimum Gasteiger partial charge on any atom is -0.307 e. The van der Waals surface area contributed by atoms with Gasteiger partial charge in [0.1, 0.15) is 0 Å². The molecule has 0 amide bonds. The van der Waals surface area contributed by atoms with Gasteiger partial charge in [-0.15, -0.1) is 0 Å². The van der Waals surface area contributed by atoms with Crippen molar-refractivity contribution in [2.75, 3.05) is 0 Å². The van der Waals surface area contributed by atoms with E-state index < -0.39 is 0 Å². The minimum absolute atomic E-state index is 0.629. The number of benzene rings is 5. The van der Waals surface area contributed by atoms with Crippen molar-refractivity contribution in [2.45, 2.75) is 27.7 Å². The van der Waals surface area contributed by atoms with Gasteiger partial charge in [-0.1, -0.05) is 60.7 Å². The lowest BCUT2D eigenvalue weighted by Gasteiger charge is -2.20. The van der Waals surface area contributed by atoms with E-state index in [9.17, 15) is 5.26 Å². The Labute approximate surface area is 256 Å². The number of hydrogen-bond acceptors (Lipinski definition) is 2. The van der Waals surface area contributed by atoms with E-state index in [4.69, 9.17) is 0 Å². The molecule has 0 N–H and O–H groups in total. The molecule has 210 valence electrons. The number of aryl methyl sites for hydroxylation is 4. The van der Waals surface area contributed by atoms with E-state index >= 15 is 0 Å². The number of pyridine rings is 1. The molecule has 0 aliphatic rings. The molecule has 0 aliphatic carbocycles. The van der Waals surface area contributed by atoms with Crippen LogP contribution in [0.2, 0.25) is 0 Å². The molecule has 0 radical (unpaired) electrons. The molecular formula is C40H30N4. The Hall–Kier alpha value is -5.66. The smallest absolute Gasteiger partial charge is 0.0998 e. The predicted molar refractivity (Wildman–Crippen MR) is 182 cm³/mol. The average Bonchev–Trinajstić information content (AvgIpc) is 3.51. The number of hydrogen-bond donors (Lipinski definition) is 0. The highest BCUT2D eigenvalue weighted by Gasteiger charge is 2.22. The summed E-state index contributed by atoms with van der Waals surface area (Å²) in [5, 5.41) is 15.4. The minimum atomic E-state index is 0.629. The highest BCUT2D eigenvalue weighted by atomic mass is 15.1. The van der Waals surface area contributed by atoms with Gasteiger partial charge in [0.25, 0.3) is 0 Å². The number of nitriles is 1. The fourth-order valence-electron chi connectivity index (χ4n) is 6.94. The highest BCUT2D eigenvalue weighted by Crippen LogP contribution is 2.41. The van der Waals surface area contributed by atoms with Gasteiger partial charge >= 0.3 is 0 Å². The third kappa shape index (κ3) is 3.87. The second kappa shape index (κ2) is 9.69. The maximum Gasteiger partial charge on any atom is 0.0998 e. The largest absolute Gasteiger partial charge is 0.307 e. The molecule has 0 spiro atoms. The summed E-state index contributed by atoms with van der Waals surface area (Å²) >= 11 is 0. The molecule has 0 saturated heterocycles. The van der Waals surface area contributed by atoms with Crippen molar-refractivity contribution in [3.05, 3.63) is 137 Å². The van der Waals surface area contributed by atoms with Gasteiger partial charge in [-0.25, -0.2) is 0 Å². The summed E-state index contributed by atoms with van der Waals surface area (Å²) in [6.45, 7) is 8.29. The van der Waals surface area contributed by atoms with Crippen LogP contribution in [0.5, 0.6) is 0 Å². The van der Waals surface area contributed by atoms with Gasteiger partial charge in [0.05, 0.1) is 45.1 Å². The van der Waals surface area contributed by atoms with Crippen molar-refractivity contribution in [3.8, 4) is 28.6 Å². The van der Waals surface area contributed by atoms with E-state index in [0.717, 1.165) is 56.0 Å². The van der Waals surface area contributed by atoms with E-state index in [1.54, 1.807) is 0 Å². The van der Waals surface area contributed by atoms with Crippen molar-refractivity contribution in [1.29, 1.82) is 5.26 Å². The van der Waals surface area contributed by atoms with Gasteiger partial charge in [-0.2, -0.15) is 5.26 Å². The molecule has 3 heterocycles. The van der Waals surface area contributed by atoms with Gasteiger partial charge in [-0.3, -0.25) is 4.98 Å². The van der Waals surface area contributed by atoms with Crippen LogP contribution in [0.15, 0.2) is 109 Å². The van der Waals surface area contributed by atoms with Crippen LogP contribution >= 0.6 is 0 Å². The lowest BCUT2D eigenvalue weighted by molar-refractivity contribution is 1.09. The fourth-order valence-corrected chi connectivity index (χ4v) is 6.94. The first-order valence-corrected chi connectivity index (χ1v) is 15.0. The Kier molecular flexibility index (Phi) is 5.73. The molecule has 0 fully saturated rings. The van der Waals surface area contributed by atoms with Crippen LogP contribution in [0.4, 0.5) is 0 Å². The van der Waals surface area contributed by atoms with E-state index in [2.05, 4.69) is 143 Å². The first-order valence-electron chi connectivity index (χ1n) is 15.0. The Bertz CT molecular complexity index is 2480. The number of para-hydroxylation sites is 2. The molecule has 4 nitrogen and oxygen atoms in total. The van der Waals surface area contributed by atoms with Gasteiger partial charge in [-0.05, 0) is 92.9 Å². The number of rotatable bonds is 3. The van der Waals surface area contributed by atoms with E-state index in [0.29, 0.717) is 5.56 Å². The summed E-state index contributed by atoms with van der Waals surface area (Å²) in [5.74, 6) is 0. The third-order valence-electron chi connectivity index (χ3n) is 8.77. The van der Waals surface area contributed by atoms with Crippen LogP contribution in [0.3, 0.4) is 0 Å². The molecule has 0 saturated carbocycles. The lowest BCUT2D eigenvalue weighted by Crippen LogP contribution is -2.06. The highest BCUT2D eigenvalue weighted by molar-refractivity contribution is 6.12. The fraction of sp³-hybridized carbons (Fsp3) is 0.100. The second-order valence-corrected chi connectivity index (χ2v) is 11.9. The van der Waals surface area contributed by atoms with E-state index in [1.165, 1.54) is 32.7 Å². The van der Waals surface area contributed by atoms with Gasteiger partial charge < -0.3 is 9.13 Å². The first kappa shape index (κ1) is 26.0. The average molecular weight is 567 g/mol. The van der Waals surface area contributed by atoms with Crippen molar-refractivity contribution in [2.24, 2.45) is 0 Å². The quantitative estimate of drug-likeness (QED) is 0.214. The van der Waals surface area contributed by atoms with E-state index in [-0.39, 0.29) is 0 Å². The molecule has 44 heavy (non-hydrogen) atoms. The molecule has 8 rings (SSSR count). The molecule has 0 aliphatic heterocycles. The molecule has 5 aromatic carbocycles. The van der Waals surface area contributed by atoms with E-state index in [1.807, 2.05) is 13.8 Å². The zero-order valence-electron chi connectivity index (χ0n) is 25.2. The van der Waals surface area contributed by atoms with Crippen LogP contribution in [-0.2, 0) is 0 Å². The Morgan fingerprint density at radius 3 is 1.52 bits per heavy atom. The summed E-state index contributed by atoms with van der Waals surface area (Å²) in [6.07, 6.45) is 0. The number of fused-ring (bicyclic) bond motifs is 6. The summed E-state index contributed by atoms with van der Waals surface area (Å²) in [7, 11) is 0. The Morgan fingerprint density at radius 2 is 1.00 bits per heavy atom. The zero-order valence-corrected chi connectivity index (χ0v) is 25.2. The Morgan fingerprint density at radius 1 is 0.523 bits per heavy atom. The molecule has 0 unspecified atom stereocenters. The molecule has 0 atom stereocenters. The van der Waals surface area contributed by atoms with Crippen LogP contribution in [0.25, 0.3) is 66.1 Å². The topological polar surface area (TPSA) is 46.5 Å². The molecule has 4 heteroatoms. The summed E-state index contributed by atoms with van der Waals surface area (Å²) in [5.41, 5.74) is 13.3. The maximum absolute atomic E-state index is 10.6. The number of nitrogens with zero attached hydrogens (tertiary/aromatic N) is 4. The number of aromatic nitrogens is 3. The molecular weight excluding hydrogens is 536 g/mol. The third-order valence-corrected chi connectivity index (χ3v) is 8.77. The van der Waals surface area contributed by atoms with Gasteiger partial charge in [0.15, 0.2) is 0 Å². The van der Waals surface area contributed by atoms with Crippen LogP contribution in [-0.4, -0.2) is 14.1 Å². The first-order chi connectivity index (χ1) is 21.4. The SMILES string of the molecule is Cc1ccc2c3ccccc3n(-c3cc(C#N)c(-c4cc(C)nc(C)c4)cc3-n3c4ccccc4c4ccc(C)cc43)c2c1. The Balaban J connectivity index is 1.60. The summed E-state index contributed by atoms with van der Waals surface area (Å²) < 4.78 is 4.73. The second-order valence-electron chi connectivity index (χ2n) is 11.9. The lowest BCUT2D eigenvalue weighted by atomic mass is 9.97. The van der Waals surface area contributed by atoms with Gasteiger partial charge in [0.2, 0.25) is 0 Å². The van der Waals surface area contributed by atoms with Crippen molar-refractivity contribution in [1.82, 2.24) is 14.1 Å². The predicted octanol–water partition coefficient (Wildman–Crippen LogP) is 10.0. The van der Waals surface area contributed by atoms with Crippen LogP contribution in [0, 0.1) is 39.0 Å². The van der Waals surface area contributed by atoms with Crippen molar-refractivity contribution >= 4 is 43.6 Å². The molecule has 0 bridgehead atoms. The normalized spacial score (nSPS) is 11.6. The molecule has 3 aromatic heterocycles. The molecule has 8 aromatic rings.